The van der Waals surface area contributed by atoms with Crippen LogP contribution in [0.5, 0.6) is 5.75 Å². The van der Waals surface area contributed by atoms with E-state index in [9.17, 15) is 74.6 Å². The van der Waals surface area contributed by atoms with Gasteiger partial charge in [-0.05, 0) is 30.7 Å². The monoisotopic (exact) mass is 787 g/mol. The molecule has 0 radical (unpaired) electrons. The Kier molecular flexibility index (Phi) is 9.38. The Balaban J connectivity index is 1.38. The first-order valence-corrected chi connectivity index (χ1v) is 14.5. The molecule has 0 spiro atoms. The highest BCUT2D eigenvalue weighted by Gasteiger charge is 2.95. The summed E-state index contributed by atoms with van der Waals surface area (Å²) < 4.78 is 236. The maximum atomic E-state index is 14.4. The number of nitrogens with one attached hydrogen (secondary N) is 2. The van der Waals surface area contributed by atoms with Crippen molar-refractivity contribution in [1.82, 2.24) is 24.9 Å². The number of para-hydroxylation sites is 4. The van der Waals surface area contributed by atoms with Crippen molar-refractivity contribution in [2.24, 2.45) is 0 Å². The van der Waals surface area contributed by atoms with Gasteiger partial charge in [-0.1, -0.05) is 24.3 Å². The predicted molar refractivity (Wildman–Crippen MR) is 150 cm³/mol. The molecule has 0 atom stereocenters. The number of benzene rings is 2. The Morgan fingerprint density at radius 2 is 0.887 bits per heavy atom. The van der Waals surface area contributed by atoms with Gasteiger partial charge in [0.25, 0.3) is 0 Å². The van der Waals surface area contributed by atoms with E-state index in [1.54, 1.807) is 48.5 Å². The van der Waals surface area contributed by atoms with Crippen LogP contribution in [0.15, 0.2) is 60.7 Å². The van der Waals surface area contributed by atoms with Crippen LogP contribution in [0.25, 0.3) is 45.1 Å². The molecule has 2 N–H and O–H groups in total. The Morgan fingerprint density at radius 3 is 1.30 bits per heavy atom. The van der Waals surface area contributed by atoms with Gasteiger partial charge in [-0.2, -0.15) is 74.6 Å². The molecule has 53 heavy (non-hydrogen) atoms. The van der Waals surface area contributed by atoms with Gasteiger partial charge in [0.1, 0.15) is 17.1 Å². The molecule has 0 aliphatic rings. The van der Waals surface area contributed by atoms with Crippen LogP contribution in [0.3, 0.4) is 0 Å². The average molecular weight is 787 g/mol. The number of ether oxygens (including phenoxy) is 1. The zero-order chi connectivity index (χ0) is 39.6. The first kappa shape index (κ1) is 39.3. The second-order valence-electron chi connectivity index (χ2n) is 11.4. The standard InChI is InChI=1S/C30H18F17N5O/c31-23(32,24(33,34)25(35,36)26(37,38)27(39,40)28(41,42)29(43,44)30(45,46)47)10-5-11-53-14-12-19(21-49-15-6-1-2-7-16(15)50-21)48-20(13-14)22-51-17-8-3-4-9-18(17)52-22/h1-4,6-9,12-13H,5,10-11H2,(H,49,50)(H,51,52). The van der Waals surface area contributed by atoms with Crippen molar-refractivity contribution in [3.05, 3.63) is 60.7 Å². The Hall–Kier alpha value is -4.86. The minimum atomic E-state index is -8.68. The summed E-state index contributed by atoms with van der Waals surface area (Å²) in [6.45, 7) is -1.14. The van der Waals surface area contributed by atoms with E-state index in [2.05, 4.69) is 24.9 Å². The zero-order valence-electron chi connectivity index (χ0n) is 25.6. The fraction of sp³-hybridized carbons (Fsp3) is 0.367. The van der Waals surface area contributed by atoms with Crippen molar-refractivity contribution in [2.75, 3.05) is 6.61 Å². The molecule has 0 fully saturated rings. The van der Waals surface area contributed by atoms with Crippen LogP contribution in [-0.2, 0) is 0 Å². The van der Waals surface area contributed by atoms with E-state index < -0.39 is 67.1 Å². The van der Waals surface area contributed by atoms with Gasteiger partial charge in [0.15, 0.2) is 11.6 Å². The Bertz CT molecular complexity index is 1950. The van der Waals surface area contributed by atoms with Crippen molar-refractivity contribution >= 4 is 22.1 Å². The number of aromatic nitrogens is 5. The molecule has 0 amide bonds. The van der Waals surface area contributed by atoms with Gasteiger partial charge in [0, 0.05) is 18.6 Å². The summed E-state index contributed by atoms with van der Waals surface area (Å²) in [6, 6.07) is 15.5. The highest BCUT2D eigenvalue weighted by atomic mass is 19.4. The molecule has 0 bridgehead atoms. The summed E-state index contributed by atoms with van der Waals surface area (Å²) >= 11 is 0. The minimum Gasteiger partial charge on any atom is -0.493 e. The van der Waals surface area contributed by atoms with Crippen LogP contribution >= 0.6 is 0 Å². The molecular weight excluding hydrogens is 769 g/mol. The third-order valence-electron chi connectivity index (χ3n) is 7.75. The first-order valence-electron chi connectivity index (χ1n) is 14.5. The maximum absolute atomic E-state index is 14.4. The fourth-order valence-electron chi connectivity index (χ4n) is 4.82. The molecule has 2 aromatic carbocycles. The molecule has 0 saturated carbocycles. The van der Waals surface area contributed by atoms with Crippen LogP contribution < -0.4 is 4.74 Å². The number of alkyl halides is 17. The maximum Gasteiger partial charge on any atom is 0.460 e. The number of imidazole rings is 2. The number of fused-ring (bicyclic) bond motifs is 2. The summed E-state index contributed by atoms with van der Waals surface area (Å²) in [5.74, 6) is -56.8. The van der Waals surface area contributed by atoms with Crippen molar-refractivity contribution in [2.45, 2.75) is 60.5 Å². The first-order chi connectivity index (χ1) is 24.2. The van der Waals surface area contributed by atoms with Gasteiger partial charge in [0.05, 0.1) is 28.7 Å². The average Bonchev–Trinajstić information content (AvgIpc) is 3.70. The molecule has 288 valence electrons. The molecule has 0 unspecified atom stereocenters. The van der Waals surface area contributed by atoms with Crippen molar-refractivity contribution < 1.29 is 79.4 Å². The molecule has 5 rings (SSSR count). The molecule has 3 aromatic heterocycles. The number of aromatic amines is 2. The largest absolute Gasteiger partial charge is 0.493 e. The van der Waals surface area contributed by atoms with Gasteiger partial charge >= 0.3 is 47.6 Å². The predicted octanol–water partition coefficient (Wildman–Crippen LogP) is 10.3. The molecule has 0 aliphatic heterocycles. The van der Waals surface area contributed by atoms with E-state index in [0.29, 0.717) is 22.1 Å². The van der Waals surface area contributed by atoms with Crippen LogP contribution in [0.1, 0.15) is 12.8 Å². The highest BCUT2D eigenvalue weighted by molar-refractivity contribution is 5.81. The number of hydrogen-bond donors (Lipinski definition) is 2. The second kappa shape index (κ2) is 12.6. The van der Waals surface area contributed by atoms with Crippen molar-refractivity contribution in [3.8, 4) is 28.8 Å². The van der Waals surface area contributed by atoms with E-state index in [0.717, 1.165) is 12.1 Å². The second-order valence-corrected chi connectivity index (χ2v) is 11.4. The van der Waals surface area contributed by atoms with E-state index in [-0.39, 0.29) is 28.8 Å². The van der Waals surface area contributed by atoms with Gasteiger partial charge in [0.2, 0.25) is 0 Å². The number of hydrogen-bond acceptors (Lipinski definition) is 4. The van der Waals surface area contributed by atoms with Crippen LogP contribution in [0.4, 0.5) is 74.6 Å². The van der Waals surface area contributed by atoms with Gasteiger partial charge in [-0.25, -0.2) is 15.0 Å². The molecular formula is C30H18F17N5O. The number of rotatable bonds is 13. The van der Waals surface area contributed by atoms with Crippen molar-refractivity contribution in [1.29, 1.82) is 0 Å². The smallest absolute Gasteiger partial charge is 0.460 e. The molecule has 5 aromatic rings. The Morgan fingerprint density at radius 1 is 0.491 bits per heavy atom. The van der Waals surface area contributed by atoms with Gasteiger partial charge < -0.3 is 14.7 Å². The fourth-order valence-corrected chi connectivity index (χ4v) is 4.82. The van der Waals surface area contributed by atoms with Crippen LogP contribution in [0, 0.1) is 0 Å². The van der Waals surface area contributed by atoms with Gasteiger partial charge in [-0.15, -0.1) is 0 Å². The number of H-pyrrole nitrogens is 2. The summed E-state index contributed by atoms with van der Waals surface area (Å²) in [5.41, 5.74) is 2.01. The lowest BCUT2D eigenvalue weighted by Gasteiger charge is -2.42. The molecule has 0 aliphatic carbocycles. The molecule has 6 nitrogen and oxygen atoms in total. The Labute approximate surface area is 283 Å². The number of pyridine rings is 1. The van der Waals surface area contributed by atoms with Gasteiger partial charge in [-0.3, -0.25) is 0 Å². The summed E-state index contributed by atoms with van der Waals surface area (Å²) in [5, 5.41) is 0. The minimum absolute atomic E-state index is 0.0155. The SMILES string of the molecule is FC(F)(F)C(F)(F)C(F)(F)C(F)(F)C(F)(F)C(F)(F)C(F)(F)C(F)(F)CCCOc1cc(-c2nc3ccccc3[nH]2)nc(-c2nc3ccccc3[nH]2)c1. The molecule has 0 saturated heterocycles. The quantitative estimate of drug-likeness (QED) is 0.0920. The molecule has 23 heteroatoms. The number of halogens is 17. The normalized spacial score (nSPS) is 14.4. The topological polar surface area (TPSA) is 79.5 Å². The van der Waals surface area contributed by atoms with E-state index in [1.807, 2.05) is 0 Å². The lowest BCUT2D eigenvalue weighted by molar-refractivity contribution is -0.461. The van der Waals surface area contributed by atoms with E-state index >= 15 is 0 Å². The lowest BCUT2D eigenvalue weighted by Crippen LogP contribution is -2.74. The van der Waals surface area contributed by atoms with E-state index in [1.165, 1.54) is 0 Å². The summed E-state index contributed by atoms with van der Waals surface area (Å²) in [6.07, 6.45) is -11.9. The summed E-state index contributed by atoms with van der Waals surface area (Å²) in [7, 11) is 0. The van der Waals surface area contributed by atoms with Crippen LogP contribution in [0.2, 0.25) is 0 Å². The highest BCUT2D eigenvalue weighted by Crippen LogP contribution is 2.64. The number of nitrogens with zero attached hydrogens (tertiary/aromatic N) is 3. The third kappa shape index (κ3) is 6.23. The zero-order valence-corrected chi connectivity index (χ0v) is 25.6. The van der Waals surface area contributed by atoms with Crippen LogP contribution in [-0.4, -0.2) is 79.2 Å². The lowest BCUT2D eigenvalue weighted by atomic mass is 9.88. The van der Waals surface area contributed by atoms with Crippen molar-refractivity contribution in [3.63, 3.8) is 0 Å². The third-order valence-corrected chi connectivity index (χ3v) is 7.75. The molecule has 3 heterocycles. The van der Waals surface area contributed by atoms with E-state index in [4.69, 9.17) is 4.74 Å². The summed E-state index contributed by atoms with van der Waals surface area (Å²) in [4.78, 5) is 19.0.